The highest BCUT2D eigenvalue weighted by atomic mass is 16.3. The fraction of sp³-hybridized carbons (Fsp3) is 0.424. The minimum absolute atomic E-state index is 0.0327. The number of aliphatic hydroxyl groups is 1. The molecule has 0 aliphatic carbocycles. The first kappa shape index (κ1) is 30.5. The fourth-order valence-electron chi connectivity index (χ4n) is 5.96. The van der Waals surface area contributed by atoms with Crippen LogP contribution in [0.15, 0.2) is 60.9 Å². The second kappa shape index (κ2) is 12.4. The van der Waals surface area contributed by atoms with Gasteiger partial charge in [0.15, 0.2) is 0 Å². The Kier molecular flexibility index (Phi) is 8.43. The number of likely N-dealkylation sites (N-methyl/N-ethyl adjacent to an activating group) is 2. The Morgan fingerprint density at radius 1 is 1.02 bits per heavy atom. The lowest BCUT2D eigenvalue weighted by Gasteiger charge is -2.37. The standard InChI is InChI=1S/C33H41N9O3/c1-33(2,21-43)24-11-7-23(8-12-24)28(44)35-26-6-5-16-41(20-26)31-37-30-34-15-17-42(30)32(38-31)36-25-13-9-22(10-14-25)27-29(45)40(4)19-18-39(27)3/h7-15,17,26-27,43H,5-6,16,18-21H2,1-4H3,(H,35,44)(H,34,36,37,38)/t26-,27?/m0/s1. The molecule has 4 heterocycles. The Morgan fingerprint density at radius 2 is 1.78 bits per heavy atom. The monoisotopic (exact) mass is 611 g/mol. The van der Waals surface area contributed by atoms with Crippen LogP contribution < -0.4 is 15.5 Å². The van der Waals surface area contributed by atoms with Gasteiger partial charge in [-0.05, 0) is 55.3 Å². The summed E-state index contributed by atoms with van der Waals surface area (Å²) >= 11 is 0. The molecular weight excluding hydrogens is 570 g/mol. The first-order valence-electron chi connectivity index (χ1n) is 15.4. The van der Waals surface area contributed by atoms with Gasteiger partial charge in [-0.3, -0.25) is 18.9 Å². The van der Waals surface area contributed by atoms with Gasteiger partial charge in [-0.15, -0.1) is 0 Å². The van der Waals surface area contributed by atoms with Crippen molar-refractivity contribution in [3.05, 3.63) is 77.6 Å². The molecule has 0 radical (unpaired) electrons. The van der Waals surface area contributed by atoms with Crippen molar-refractivity contribution >= 4 is 35.2 Å². The Bertz CT molecular complexity index is 1670. The molecule has 236 valence electrons. The number of imidazole rings is 1. The lowest BCUT2D eigenvalue weighted by Crippen LogP contribution is -2.48. The predicted molar refractivity (Wildman–Crippen MR) is 173 cm³/mol. The third-order valence-corrected chi connectivity index (χ3v) is 8.94. The van der Waals surface area contributed by atoms with Gasteiger partial charge in [0, 0.05) is 68.3 Å². The van der Waals surface area contributed by atoms with E-state index in [0.29, 0.717) is 29.8 Å². The maximum absolute atomic E-state index is 13.1. The van der Waals surface area contributed by atoms with E-state index < -0.39 is 0 Å². The van der Waals surface area contributed by atoms with Gasteiger partial charge in [-0.2, -0.15) is 9.97 Å². The van der Waals surface area contributed by atoms with Crippen LogP contribution in [0, 0.1) is 0 Å². The summed E-state index contributed by atoms with van der Waals surface area (Å²) in [7, 11) is 3.83. The van der Waals surface area contributed by atoms with Gasteiger partial charge in [0.05, 0.1) is 6.61 Å². The number of benzene rings is 2. The van der Waals surface area contributed by atoms with Crippen LogP contribution in [0.4, 0.5) is 17.6 Å². The summed E-state index contributed by atoms with van der Waals surface area (Å²) in [6.45, 7) is 6.86. The van der Waals surface area contributed by atoms with E-state index in [0.717, 1.165) is 49.3 Å². The molecule has 2 fully saturated rings. The van der Waals surface area contributed by atoms with Gasteiger partial charge in [-0.1, -0.05) is 38.1 Å². The Balaban J connectivity index is 1.16. The van der Waals surface area contributed by atoms with Crippen LogP contribution >= 0.6 is 0 Å². The normalized spacial score (nSPS) is 19.6. The molecule has 2 aliphatic rings. The number of amides is 2. The third-order valence-electron chi connectivity index (χ3n) is 8.94. The SMILES string of the molecule is CN1CCN(C)C(c2ccc(Nc3nc(N4CCC[C@H](NC(=O)c5ccc(C(C)(C)CO)cc5)C4)nc4nccn34)cc2)C1=O. The fourth-order valence-corrected chi connectivity index (χ4v) is 5.96. The van der Waals surface area contributed by atoms with Gasteiger partial charge < -0.3 is 25.5 Å². The predicted octanol–water partition coefficient (Wildman–Crippen LogP) is 2.98. The van der Waals surface area contributed by atoms with Gasteiger partial charge in [0.2, 0.25) is 23.6 Å². The number of aliphatic hydroxyl groups excluding tert-OH is 1. The number of nitrogens with zero attached hydrogens (tertiary/aromatic N) is 7. The summed E-state index contributed by atoms with van der Waals surface area (Å²) in [6.07, 6.45) is 5.24. The number of carbonyl (C=O) groups excluding carboxylic acids is 2. The van der Waals surface area contributed by atoms with E-state index >= 15 is 0 Å². The van der Waals surface area contributed by atoms with Crippen molar-refractivity contribution in [2.24, 2.45) is 0 Å². The Morgan fingerprint density at radius 3 is 2.51 bits per heavy atom. The average molecular weight is 612 g/mol. The quantitative estimate of drug-likeness (QED) is 0.275. The number of piperazine rings is 1. The first-order valence-corrected chi connectivity index (χ1v) is 15.4. The molecule has 4 aromatic rings. The molecule has 12 heteroatoms. The van der Waals surface area contributed by atoms with Crippen molar-refractivity contribution in [2.45, 2.75) is 44.2 Å². The molecule has 6 rings (SSSR count). The molecule has 2 atom stereocenters. The topological polar surface area (TPSA) is 131 Å². The van der Waals surface area contributed by atoms with Crippen LogP contribution in [0.1, 0.15) is 54.2 Å². The maximum atomic E-state index is 13.1. The van der Waals surface area contributed by atoms with Crippen LogP contribution in [0.5, 0.6) is 0 Å². The molecule has 12 nitrogen and oxygen atoms in total. The van der Waals surface area contributed by atoms with Crippen molar-refractivity contribution in [2.75, 3.05) is 57.1 Å². The molecule has 1 unspecified atom stereocenters. The molecule has 0 spiro atoms. The smallest absolute Gasteiger partial charge is 0.251 e. The zero-order valence-corrected chi connectivity index (χ0v) is 26.3. The summed E-state index contributed by atoms with van der Waals surface area (Å²) in [5.74, 6) is 1.61. The summed E-state index contributed by atoms with van der Waals surface area (Å²) in [5.41, 5.74) is 2.98. The van der Waals surface area contributed by atoms with E-state index in [4.69, 9.17) is 9.97 Å². The van der Waals surface area contributed by atoms with E-state index in [2.05, 4.69) is 25.4 Å². The Labute approximate surface area is 263 Å². The molecule has 3 N–H and O–H groups in total. The largest absolute Gasteiger partial charge is 0.395 e. The number of carbonyl (C=O) groups is 2. The molecule has 45 heavy (non-hydrogen) atoms. The van der Waals surface area contributed by atoms with E-state index in [-0.39, 0.29) is 35.9 Å². The highest BCUT2D eigenvalue weighted by Gasteiger charge is 2.32. The molecule has 0 saturated carbocycles. The van der Waals surface area contributed by atoms with Gasteiger partial charge in [-0.25, -0.2) is 4.98 Å². The number of fused-ring (bicyclic) bond motifs is 1. The van der Waals surface area contributed by atoms with E-state index in [1.165, 1.54) is 0 Å². The summed E-state index contributed by atoms with van der Waals surface area (Å²) in [4.78, 5) is 45.9. The lowest BCUT2D eigenvalue weighted by atomic mass is 9.85. The highest BCUT2D eigenvalue weighted by Crippen LogP contribution is 2.28. The highest BCUT2D eigenvalue weighted by molar-refractivity contribution is 5.94. The van der Waals surface area contributed by atoms with Crippen molar-refractivity contribution in [1.29, 1.82) is 0 Å². The van der Waals surface area contributed by atoms with Crippen LogP contribution in [-0.2, 0) is 10.2 Å². The average Bonchev–Trinajstić information content (AvgIpc) is 3.53. The Hall–Kier alpha value is -4.55. The second-order valence-corrected chi connectivity index (χ2v) is 12.7. The summed E-state index contributed by atoms with van der Waals surface area (Å²) in [5, 5.41) is 16.3. The molecule has 2 aromatic heterocycles. The van der Waals surface area contributed by atoms with Crippen molar-refractivity contribution < 1.29 is 14.7 Å². The van der Waals surface area contributed by atoms with E-state index in [1.54, 1.807) is 15.5 Å². The minimum Gasteiger partial charge on any atom is -0.395 e. The molecule has 2 saturated heterocycles. The maximum Gasteiger partial charge on any atom is 0.251 e. The van der Waals surface area contributed by atoms with Gasteiger partial charge in [0.1, 0.15) is 6.04 Å². The van der Waals surface area contributed by atoms with E-state index in [1.807, 2.05) is 82.7 Å². The van der Waals surface area contributed by atoms with Crippen molar-refractivity contribution in [1.82, 2.24) is 34.5 Å². The first-order chi connectivity index (χ1) is 21.6. The van der Waals surface area contributed by atoms with Crippen molar-refractivity contribution in [3.63, 3.8) is 0 Å². The number of hydrogen-bond donors (Lipinski definition) is 3. The molecular formula is C33H41N9O3. The molecule has 2 aliphatic heterocycles. The number of hydrogen-bond acceptors (Lipinski definition) is 9. The number of rotatable bonds is 8. The second-order valence-electron chi connectivity index (χ2n) is 12.7. The van der Waals surface area contributed by atoms with Gasteiger partial charge in [0.25, 0.3) is 5.91 Å². The lowest BCUT2D eigenvalue weighted by molar-refractivity contribution is -0.139. The van der Waals surface area contributed by atoms with Crippen molar-refractivity contribution in [3.8, 4) is 0 Å². The van der Waals surface area contributed by atoms with Gasteiger partial charge >= 0.3 is 0 Å². The van der Waals surface area contributed by atoms with E-state index in [9.17, 15) is 14.7 Å². The van der Waals surface area contributed by atoms with Crippen LogP contribution in [0.3, 0.4) is 0 Å². The van der Waals surface area contributed by atoms with Crippen LogP contribution in [0.2, 0.25) is 0 Å². The van der Waals surface area contributed by atoms with Crippen LogP contribution in [-0.4, -0.2) is 99.0 Å². The number of aromatic nitrogens is 4. The number of anilines is 3. The summed E-state index contributed by atoms with van der Waals surface area (Å²) < 4.78 is 1.80. The zero-order chi connectivity index (χ0) is 31.7. The number of piperidine rings is 1. The molecule has 2 amide bonds. The van der Waals surface area contributed by atoms with Crippen LogP contribution in [0.25, 0.3) is 5.78 Å². The third kappa shape index (κ3) is 6.34. The number of nitrogens with one attached hydrogen (secondary N) is 2. The summed E-state index contributed by atoms with van der Waals surface area (Å²) in [6, 6.07) is 14.9. The molecule has 0 bridgehead atoms. The minimum atomic E-state index is -0.365. The molecule has 2 aromatic carbocycles. The zero-order valence-electron chi connectivity index (χ0n) is 26.3.